The van der Waals surface area contributed by atoms with Crippen LogP contribution in [0.3, 0.4) is 0 Å². The van der Waals surface area contributed by atoms with Gasteiger partial charge >= 0.3 is 6.18 Å². The van der Waals surface area contributed by atoms with Crippen LogP contribution in [-0.2, 0) is 12.7 Å². The van der Waals surface area contributed by atoms with Gasteiger partial charge in [0.25, 0.3) is 5.91 Å². The minimum absolute atomic E-state index is 0.00754. The summed E-state index contributed by atoms with van der Waals surface area (Å²) >= 11 is 0. The van der Waals surface area contributed by atoms with Gasteiger partial charge in [-0.05, 0) is 36.2 Å². The molecule has 0 aliphatic heterocycles. The number of halogens is 4. The van der Waals surface area contributed by atoms with Crippen molar-refractivity contribution in [1.82, 2.24) is 5.32 Å². The van der Waals surface area contributed by atoms with Gasteiger partial charge in [-0.2, -0.15) is 13.2 Å². The molecule has 0 radical (unpaired) electrons. The van der Waals surface area contributed by atoms with E-state index < -0.39 is 35.1 Å². The average Bonchev–Trinajstić information content (AvgIpc) is 2.52. The molecule has 0 spiro atoms. The van der Waals surface area contributed by atoms with Crippen LogP contribution < -0.4 is 5.32 Å². The Morgan fingerprint density at radius 2 is 1.79 bits per heavy atom. The maximum absolute atomic E-state index is 13.0. The lowest BCUT2D eigenvalue weighted by Crippen LogP contribution is -2.26. The van der Waals surface area contributed by atoms with Gasteiger partial charge in [0.1, 0.15) is 5.82 Å². The standard InChI is InChI=1S/C17H15F4NO2/c1-10(23)12-4-2-11(3-5-12)9-22-16(24)14-7-6-13(18)8-15(14)17(19,20)21/h2-8,10,23H,9H2,1H3,(H,22,24)/t10-/m1/s1. The van der Waals surface area contributed by atoms with Crippen molar-refractivity contribution in [1.29, 1.82) is 0 Å². The number of benzene rings is 2. The highest BCUT2D eigenvalue weighted by Crippen LogP contribution is 2.32. The van der Waals surface area contributed by atoms with Gasteiger partial charge in [0, 0.05) is 6.54 Å². The van der Waals surface area contributed by atoms with Crippen molar-refractivity contribution < 1.29 is 27.5 Å². The van der Waals surface area contributed by atoms with E-state index in [1.807, 2.05) is 0 Å². The molecule has 24 heavy (non-hydrogen) atoms. The highest BCUT2D eigenvalue weighted by Gasteiger charge is 2.35. The quantitative estimate of drug-likeness (QED) is 0.831. The van der Waals surface area contributed by atoms with Gasteiger partial charge in [0.05, 0.1) is 17.2 Å². The Hall–Kier alpha value is -2.41. The molecule has 0 saturated carbocycles. The average molecular weight is 341 g/mol. The number of carbonyl (C=O) groups is 1. The first-order valence-corrected chi connectivity index (χ1v) is 7.10. The molecule has 0 aliphatic rings. The second-order valence-electron chi connectivity index (χ2n) is 5.29. The van der Waals surface area contributed by atoms with E-state index >= 15 is 0 Å². The maximum atomic E-state index is 13.0. The van der Waals surface area contributed by atoms with Crippen LogP contribution in [0.1, 0.15) is 40.1 Å². The van der Waals surface area contributed by atoms with Gasteiger partial charge < -0.3 is 10.4 Å². The lowest BCUT2D eigenvalue weighted by Gasteiger charge is -2.13. The van der Waals surface area contributed by atoms with Crippen LogP contribution in [0, 0.1) is 5.82 Å². The van der Waals surface area contributed by atoms with E-state index in [4.69, 9.17) is 0 Å². The Labute approximate surface area is 135 Å². The summed E-state index contributed by atoms with van der Waals surface area (Å²) in [5.74, 6) is -2.01. The molecule has 2 N–H and O–H groups in total. The monoisotopic (exact) mass is 341 g/mol. The van der Waals surface area contributed by atoms with Crippen molar-refractivity contribution in [3.8, 4) is 0 Å². The van der Waals surface area contributed by atoms with Crippen molar-refractivity contribution in [3.05, 3.63) is 70.5 Å². The third-order valence-corrected chi connectivity index (χ3v) is 3.45. The van der Waals surface area contributed by atoms with Crippen molar-refractivity contribution in [2.45, 2.75) is 25.7 Å². The molecule has 2 aromatic rings. The summed E-state index contributed by atoms with van der Waals surface area (Å²) in [4.78, 5) is 12.0. The van der Waals surface area contributed by atoms with Crippen LogP contribution in [-0.4, -0.2) is 11.0 Å². The van der Waals surface area contributed by atoms with E-state index in [2.05, 4.69) is 5.32 Å². The molecule has 0 bridgehead atoms. The van der Waals surface area contributed by atoms with E-state index in [0.29, 0.717) is 17.2 Å². The number of rotatable bonds is 4. The SMILES string of the molecule is C[C@@H](O)c1ccc(CNC(=O)c2ccc(F)cc2C(F)(F)F)cc1. The van der Waals surface area contributed by atoms with Crippen molar-refractivity contribution in [3.63, 3.8) is 0 Å². The Bertz CT molecular complexity index is 724. The number of amides is 1. The number of aliphatic hydroxyl groups is 1. The van der Waals surface area contributed by atoms with E-state index in [9.17, 15) is 27.5 Å². The zero-order valence-corrected chi connectivity index (χ0v) is 12.7. The number of alkyl halides is 3. The fourth-order valence-electron chi connectivity index (χ4n) is 2.14. The Balaban J connectivity index is 2.13. The number of hydrogen-bond donors (Lipinski definition) is 2. The minimum atomic E-state index is -4.83. The molecule has 0 fully saturated rings. The highest BCUT2D eigenvalue weighted by molar-refractivity contribution is 5.95. The van der Waals surface area contributed by atoms with Crippen LogP contribution in [0.15, 0.2) is 42.5 Å². The zero-order chi connectivity index (χ0) is 17.9. The lowest BCUT2D eigenvalue weighted by molar-refractivity contribution is -0.138. The summed E-state index contributed by atoms with van der Waals surface area (Å²) < 4.78 is 51.7. The molecule has 3 nitrogen and oxygen atoms in total. The number of hydrogen-bond acceptors (Lipinski definition) is 2. The highest BCUT2D eigenvalue weighted by atomic mass is 19.4. The molecule has 7 heteroatoms. The van der Waals surface area contributed by atoms with E-state index in [1.54, 1.807) is 31.2 Å². The summed E-state index contributed by atoms with van der Waals surface area (Å²) in [6, 6.07) is 8.53. The maximum Gasteiger partial charge on any atom is 0.417 e. The second-order valence-corrected chi connectivity index (χ2v) is 5.29. The third-order valence-electron chi connectivity index (χ3n) is 3.45. The molecule has 1 atom stereocenters. The third kappa shape index (κ3) is 4.32. The lowest BCUT2D eigenvalue weighted by atomic mass is 10.1. The summed E-state index contributed by atoms with van der Waals surface area (Å²) in [7, 11) is 0. The predicted octanol–water partition coefficient (Wildman–Crippen LogP) is 3.83. The van der Waals surface area contributed by atoms with Gasteiger partial charge in [-0.3, -0.25) is 4.79 Å². The molecule has 2 aromatic carbocycles. The Morgan fingerprint density at radius 1 is 1.17 bits per heavy atom. The molecular weight excluding hydrogens is 326 g/mol. The van der Waals surface area contributed by atoms with Crippen LogP contribution >= 0.6 is 0 Å². The predicted molar refractivity (Wildman–Crippen MR) is 79.6 cm³/mol. The van der Waals surface area contributed by atoms with Crippen molar-refractivity contribution >= 4 is 5.91 Å². The van der Waals surface area contributed by atoms with E-state index in [-0.39, 0.29) is 6.54 Å². The molecule has 0 heterocycles. The summed E-state index contributed by atoms with van der Waals surface area (Å²) in [5.41, 5.74) is -0.611. The van der Waals surface area contributed by atoms with Gasteiger partial charge in [0.15, 0.2) is 0 Å². The van der Waals surface area contributed by atoms with E-state index in [1.165, 1.54) is 0 Å². The second kappa shape index (κ2) is 7.00. The van der Waals surface area contributed by atoms with Gasteiger partial charge in [0.2, 0.25) is 0 Å². The number of nitrogens with one attached hydrogen (secondary N) is 1. The first-order chi connectivity index (χ1) is 11.2. The summed E-state index contributed by atoms with van der Waals surface area (Å²) in [6.07, 6.45) is -5.46. The number of carbonyl (C=O) groups excluding carboxylic acids is 1. The van der Waals surface area contributed by atoms with Crippen LogP contribution in [0.5, 0.6) is 0 Å². The molecule has 0 aromatic heterocycles. The van der Waals surface area contributed by atoms with Crippen LogP contribution in [0.4, 0.5) is 17.6 Å². The first-order valence-electron chi connectivity index (χ1n) is 7.10. The fourth-order valence-corrected chi connectivity index (χ4v) is 2.14. The van der Waals surface area contributed by atoms with Gasteiger partial charge in [-0.15, -0.1) is 0 Å². The Kier molecular flexibility index (Phi) is 5.23. The fraction of sp³-hybridized carbons (Fsp3) is 0.235. The molecule has 0 saturated heterocycles. The zero-order valence-electron chi connectivity index (χ0n) is 12.7. The molecule has 2 rings (SSSR count). The van der Waals surface area contributed by atoms with Crippen molar-refractivity contribution in [2.24, 2.45) is 0 Å². The largest absolute Gasteiger partial charge is 0.417 e. The normalized spacial score (nSPS) is 12.8. The topological polar surface area (TPSA) is 49.3 Å². The van der Waals surface area contributed by atoms with Gasteiger partial charge in [-0.25, -0.2) is 4.39 Å². The smallest absolute Gasteiger partial charge is 0.389 e. The van der Waals surface area contributed by atoms with Gasteiger partial charge in [-0.1, -0.05) is 24.3 Å². The Morgan fingerprint density at radius 3 is 2.33 bits per heavy atom. The molecule has 128 valence electrons. The van der Waals surface area contributed by atoms with Crippen LogP contribution in [0.25, 0.3) is 0 Å². The first kappa shape index (κ1) is 17.9. The van der Waals surface area contributed by atoms with Crippen LogP contribution in [0.2, 0.25) is 0 Å². The molecule has 0 unspecified atom stereocenters. The molecule has 1 amide bonds. The summed E-state index contributed by atoms with van der Waals surface area (Å²) in [5, 5.41) is 11.8. The van der Waals surface area contributed by atoms with Crippen molar-refractivity contribution in [2.75, 3.05) is 0 Å². The van der Waals surface area contributed by atoms with E-state index in [0.717, 1.165) is 12.1 Å². The molecule has 0 aliphatic carbocycles. The number of aliphatic hydroxyl groups excluding tert-OH is 1. The minimum Gasteiger partial charge on any atom is -0.389 e. The molecular formula is C17H15F4NO2. The summed E-state index contributed by atoms with van der Waals surface area (Å²) in [6.45, 7) is 1.61.